The fraction of sp³-hybridized carbons (Fsp3) is 0.458. The minimum Gasteiger partial charge on any atom is -0.336 e. The molecule has 0 radical (unpaired) electrons. The van der Waals surface area contributed by atoms with E-state index >= 15 is 0 Å². The van der Waals surface area contributed by atoms with Gasteiger partial charge in [0.1, 0.15) is 0 Å². The number of rotatable bonds is 5. The van der Waals surface area contributed by atoms with Gasteiger partial charge in [-0.2, -0.15) is 0 Å². The van der Waals surface area contributed by atoms with Gasteiger partial charge in [0.15, 0.2) is 0 Å². The maximum absolute atomic E-state index is 13.2. The fourth-order valence-corrected chi connectivity index (χ4v) is 5.78. The van der Waals surface area contributed by atoms with Crippen LogP contribution in [0.1, 0.15) is 47.2 Å². The molecule has 0 atom stereocenters. The molecule has 1 saturated carbocycles. The number of nitrogens with one attached hydrogen (secondary N) is 1. The monoisotopic (exact) mass is 441 g/mol. The van der Waals surface area contributed by atoms with E-state index in [1.807, 2.05) is 30.9 Å². The van der Waals surface area contributed by atoms with Crippen molar-refractivity contribution in [3.63, 3.8) is 0 Å². The number of carbonyl (C=O) groups is 1. The lowest BCUT2D eigenvalue weighted by Gasteiger charge is -2.38. The van der Waals surface area contributed by atoms with E-state index in [4.69, 9.17) is 0 Å². The van der Waals surface area contributed by atoms with Crippen molar-refractivity contribution in [1.82, 2.24) is 9.80 Å². The number of hydrogen-bond acceptors (Lipinski definition) is 4. The number of benzene rings is 2. The lowest BCUT2D eigenvalue weighted by Crippen LogP contribution is -2.51. The molecule has 0 spiro atoms. The van der Waals surface area contributed by atoms with Gasteiger partial charge < -0.3 is 4.90 Å². The van der Waals surface area contributed by atoms with E-state index < -0.39 is 10.0 Å². The Bertz CT molecular complexity index is 1050. The van der Waals surface area contributed by atoms with Gasteiger partial charge in [-0.05, 0) is 56.0 Å². The molecular formula is C24H31N3O3S. The third kappa shape index (κ3) is 4.77. The van der Waals surface area contributed by atoms with Gasteiger partial charge in [0.25, 0.3) is 15.9 Å². The highest BCUT2D eigenvalue weighted by molar-refractivity contribution is 7.92. The first-order chi connectivity index (χ1) is 14.8. The largest absolute Gasteiger partial charge is 0.336 e. The maximum atomic E-state index is 13.2. The van der Waals surface area contributed by atoms with Crippen molar-refractivity contribution >= 4 is 21.6 Å². The van der Waals surface area contributed by atoms with E-state index in [9.17, 15) is 13.2 Å². The highest BCUT2D eigenvalue weighted by Crippen LogP contribution is 2.26. The average Bonchev–Trinajstić information content (AvgIpc) is 3.30. The van der Waals surface area contributed by atoms with Crippen LogP contribution in [0.5, 0.6) is 0 Å². The number of aryl methyl sites for hydroxylation is 2. The van der Waals surface area contributed by atoms with Crippen molar-refractivity contribution in [3.05, 3.63) is 59.2 Å². The standard InChI is InChI=1S/C24H31N3O3S/c1-18-11-12-21(31(29,30)25-23-10-6-3-7-19(23)2)17-22(18)24(28)27-15-13-26(14-16-27)20-8-4-5-9-20/h3,6-7,10-12,17,20,25H,4-5,8-9,13-16H2,1-2H3. The molecule has 0 unspecified atom stereocenters. The van der Waals surface area contributed by atoms with E-state index in [2.05, 4.69) is 9.62 Å². The lowest BCUT2D eigenvalue weighted by molar-refractivity contribution is 0.0572. The summed E-state index contributed by atoms with van der Waals surface area (Å²) in [7, 11) is -3.79. The Morgan fingerprint density at radius 1 is 0.935 bits per heavy atom. The molecule has 166 valence electrons. The van der Waals surface area contributed by atoms with Crippen molar-refractivity contribution in [2.75, 3.05) is 30.9 Å². The van der Waals surface area contributed by atoms with Gasteiger partial charge in [0, 0.05) is 37.8 Å². The number of amides is 1. The fourth-order valence-electron chi connectivity index (χ4n) is 4.62. The molecular weight excluding hydrogens is 410 g/mol. The molecule has 6 nitrogen and oxygen atoms in total. The van der Waals surface area contributed by atoms with Crippen LogP contribution in [0, 0.1) is 13.8 Å². The lowest BCUT2D eigenvalue weighted by atomic mass is 10.1. The first-order valence-corrected chi connectivity index (χ1v) is 12.6. The molecule has 1 saturated heterocycles. The van der Waals surface area contributed by atoms with Gasteiger partial charge in [-0.15, -0.1) is 0 Å². The molecule has 7 heteroatoms. The summed E-state index contributed by atoms with van der Waals surface area (Å²) in [6.07, 6.45) is 5.14. The zero-order valence-corrected chi connectivity index (χ0v) is 19.1. The Kier molecular flexibility index (Phi) is 6.34. The second-order valence-electron chi connectivity index (χ2n) is 8.66. The van der Waals surface area contributed by atoms with Crippen LogP contribution in [-0.4, -0.2) is 56.3 Å². The maximum Gasteiger partial charge on any atom is 0.261 e. The summed E-state index contributed by atoms with van der Waals surface area (Å²) < 4.78 is 28.6. The summed E-state index contributed by atoms with van der Waals surface area (Å²) in [5, 5.41) is 0. The van der Waals surface area contributed by atoms with E-state index in [-0.39, 0.29) is 10.8 Å². The van der Waals surface area contributed by atoms with Crippen LogP contribution >= 0.6 is 0 Å². The van der Waals surface area contributed by atoms with Gasteiger partial charge >= 0.3 is 0 Å². The second-order valence-corrected chi connectivity index (χ2v) is 10.3. The molecule has 1 amide bonds. The van der Waals surface area contributed by atoms with Crippen molar-refractivity contribution in [2.24, 2.45) is 0 Å². The molecule has 1 N–H and O–H groups in total. The Balaban J connectivity index is 1.50. The molecule has 2 fully saturated rings. The third-order valence-corrected chi connectivity index (χ3v) is 7.94. The van der Waals surface area contributed by atoms with Gasteiger partial charge in [-0.3, -0.25) is 14.4 Å². The predicted octanol–water partition coefficient (Wildman–Crippen LogP) is 3.80. The molecule has 0 aromatic heterocycles. The van der Waals surface area contributed by atoms with Crippen LogP contribution in [0.3, 0.4) is 0 Å². The molecule has 0 bridgehead atoms. The number of carbonyl (C=O) groups excluding carboxylic acids is 1. The summed E-state index contributed by atoms with van der Waals surface area (Å²) in [4.78, 5) is 17.7. The summed E-state index contributed by atoms with van der Waals surface area (Å²) in [5.74, 6) is -0.0866. The highest BCUT2D eigenvalue weighted by Gasteiger charge is 2.29. The Morgan fingerprint density at radius 3 is 2.29 bits per heavy atom. The van der Waals surface area contributed by atoms with Crippen LogP contribution in [0.15, 0.2) is 47.4 Å². The third-order valence-electron chi connectivity index (χ3n) is 6.58. The van der Waals surface area contributed by atoms with Crippen LogP contribution in [-0.2, 0) is 10.0 Å². The first kappa shape index (κ1) is 21.8. The summed E-state index contributed by atoms with van der Waals surface area (Å²) in [5.41, 5.74) is 2.63. The van der Waals surface area contributed by atoms with Crippen LogP contribution in [0.4, 0.5) is 5.69 Å². The van der Waals surface area contributed by atoms with Crippen molar-refractivity contribution in [3.8, 4) is 0 Å². The molecule has 4 rings (SSSR count). The SMILES string of the molecule is Cc1ccccc1NS(=O)(=O)c1ccc(C)c(C(=O)N2CCN(C3CCCC3)CC2)c1. The Morgan fingerprint density at radius 2 is 1.61 bits per heavy atom. The zero-order chi connectivity index (χ0) is 22.0. The summed E-state index contributed by atoms with van der Waals surface area (Å²) in [6.45, 7) is 6.87. The minimum atomic E-state index is -3.79. The van der Waals surface area contributed by atoms with Crippen molar-refractivity contribution < 1.29 is 13.2 Å². The van der Waals surface area contributed by atoms with Crippen LogP contribution in [0.25, 0.3) is 0 Å². The molecule has 2 aromatic rings. The van der Waals surface area contributed by atoms with Gasteiger partial charge in [0.2, 0.25) is 0 Å². The number of piperazine rings is 1. The molecule has 1 aliphatic heterocycles. The van der Waals surface area contributed by atoms with E-state index in [0.29, 0.717) is 30.4 Å². The van der Waals surface area contributed by atoms with Crippen molar-refractivity contribution in [2.45, 2.75) is 50.5 Å². The second kappa shape index (κ2) is 9.01. The zero-order valence-electron chi connectivity index (χ0n) is 18.3. The number of anilines is 1. The molecule has 2 aliphatic rings. The number of para-hydroxylation sites is 1. The minimum absolute atomic E-state index is 0.0866. The van der Waals surface area contributed by atoms with Gasteiger partial charge in [-0.25, -0.2) is 8.42 Å². The van der Waals surface area contributed by atoms with Crippen LogP contribution in [0.2, 0.25) is 0 Å². The molecule has 2 aromatic carbocycles. The summed E-state index contributed by atoms with van der Waals surface area (Å²) in [6, 6.07) is 12.7. The number of hydrogen-bond donors (Lipinski definition) is 1. The van der Waals surface area contributed by atoms with Gasteiger partial charge in [0.05, 0.1) is 10.6 Å². The van der Waals surface area contributed by atoms with Crippen LogP contribution < -0.4 is 4.72 Å². The van der Waals surface area contributed by atoms with E-state index in [0.717, 1.165) is 24.2 Å². The Labute approximate surface area is 185 Å². The molecule has 1 aliphatic carbocycles. The molecule has 1 heterocycles. The first-order valence-electron chi connectivity index (χ1n) is 11.1. The highest BCUT2D eigenvalue weighted by atomic mass is 32.2. The van der Waals surface area contributed by atoms with E-state index in [1.165, 1.54) is 31.7 Å². The predicted molar refractivity (Wildman–Crippen MR) is 123 cm³/mol. The van der Waals surface area contributed by atoms with E-state index in [1.54, 1.807) is 24.3 Å². The van der Waals surface area contributed by atoms with Gasteiger partial charge in [-0.1, -0.05) is 37.1 Å². The van der Waals surface area contributed by atoms with Crippen molar-refractivity contribution in [1.29, 1.82) is 0 Å². The Hall–Kier alpha value is -2.38. The number of sulfonamides is 1. The average molecular weight is 442 g/mol. The topological polar surface area (TPSA) is 69.7 Å². The smallest absolute Gasteiger partial charge is 0.261 e. The summed E-state index contributed by atoms with van der Waals surface area (Å²) >= 11 is 0. The quantitative estimate of drug-likeness (QED) is 0.766. The molecule has 31 heavy (non-hydrogen) atoms. The number of nitrogens with zero attached hydrogens (tertiary/aromatic N) is 2. The normalized spacial score (nSPS) is 18.3.